The molecule has 1 heterocycles. The van der Waals surface area contributed by atoms with Gasteiger partial charge in [0.25, 0.3) is 0 Å². The highest BCUT2D eigenvalue weighted by molar-refractivity contribution is 7.89. The smallest absolute Gasteiger partial charge is 0.244 e. The van der Waals surface area contributed by atoms with Gasteiger partial charge in [0.05, 0.1) is 21.6 Å². The van der Waals surface area contributed by atoms with Crippen LogP contribution in [0, 0.1) is 22.7 Å². The largest absolute Gasteiger partial charge is 0.313 e. The molecule has 2 rings (SSSR count). The minimum Gasteiger partial charge on any atom is -0.313 e. The van der Waals surface area contributed by atoms with E-state index >= 15 is 0 Å². The fourth-order valence-electron chi connectivity index (χ4n) is 1.97. The summed E-state index contributed by atoms with van der Waals surface area (Å²) in [4.78, 5) is -0.0105. The van der Waals surface area contributed by atoms with E-state index in [1.54, 1.807) is 0 Å². The zero-order valence-electron chi connectivity index (χ0n) is 10.4. The van der Waals surface area contributed by atoms with E-state index in [9.17, 15) is 8.42 Å². The van der Waals surface area contributed by atoms with Crippen molar-refractivity contribution in [3.8, 4) is 12.1 Å². The molecule has 1 aliphatic heterocycles. The molecule has 104 valence electrons. The van der Waals surface area contributed by atoms with Crippen LogP contribution in [0.15, 0.2) is 23.1 Å². The fraction of sp³-hybridized carbons (Fsp3) is 0.333. The van der Waals surface area contributed by atoms with Crippen LogP contribution in [-0.2, 0) is 10.0 Å². The van der Waals surface area contributed by atoms with Crippen molar-refractivity contribution in [2.24, 2.45) is 0 Å². The topological polar surface area (TPSA) is 97.0 Å². The van der Waals surface area contributed by atoms with Gasteiger partial charge in [-0.1, -0.05) is 11.6 Å². The summed E-state index contributed by atoms with van der Waals surface area (Å²) in [6, 6.07) is 7.02. The SMILES string of the molecule is N#Cc1ccc(S(=O)(=O)N2CCNCC2C#N)cc1Cl. The number of benzene rings is 1. The molecule has 1 aliphatic rings. The first kappa shape index (κ1) is 14.8. The van der Waals surface area contributed by atoms with E-state index in [0.29, 0.717) is 13.1 Å². The molecule has 20 heavy (non-hydrogen) atoms. The number of nitrogens with zero attached hydrogens (tertiary/aromatic N) is 3. The molecule has 1 aromatic rings. The molecule has 1 atom stereocenters. The monoisotopic (exact) mass is 310 g/mol. The Kier molecular flexibility index (Phi) is 4.26. The molecule has 0 bridgehead atoms. The van der Waals surface area contributed by atoms with Crippen LogP contribution < -0.4 is 5.32 Å². The zero-order valence-corrected chi connectivity index (χ0v) is 11.9. The molecule has 1 aromatic carbocycles. The van der Waals surface area contributed by atoms with Gasteiger partial charge in [0.15, 0.2) is 0 Å². The normalized spacial score (nSPS) is 20.1. The maximum atomic E-state index is 12.5. The van der Waals surface area contributed by atoms with Gasteiger partial charge in [-0.15, -0.1) is 0 Å². The van der Waals surface area contributed by atoms with Crippen molar-refractivity contribution < 1.29 is 8.42 Å². The van der Waals surface area contributed by atoms with Crippen LogP contribution in [0.1, 0.15) is 5.56 Å². The molecular formula is C12H11ClN4O2S. The van der Waals surface area contributed by atoms with Gasteiger partial charge in [-0.25, -0.2) is 8.42 Å². The molecular weight excluding hydrogens is 300 g/mol. The standard InChI is InChI=1S/C12H11ClN4O2S/c13-12-5-11(2-1-9(12)6-14)20(18,19)17-4-3-16-8-10(17)7-15/h1-2,5,10,16H,3-4,8H2. The van der Waals surface area contributed by atoms with Crippen LogP contribution in [-0.4, -0.2) is 38.4 Å². The Bertz CT molecular complexity index is 705. The Balaban J connectivity index is 2.42. The van der Waals surface area contributed by atoms with Crippen LogP contribution in [0.2, 0.25) is 5.02 Å². The van der Waals surface area contributed by atoms with E-state index < -0.39 is 16.1 Å². The highest BCUT2D eigenvalue weighted by atomic mass is 35.5. The van der Waals surface area contributed by atoms with Crippen molar-refractivity contribution in [1.29, 1.82) is 10.5 Å². The summed E-state index contributed by atoms with van der Waals surface area (Å²) in [5.74, 6) is 0. The lowest BCUT2D eigenvalue weighted by molar-refractivity contribution is 0.312. The summed E-state index contributed by atoms with van der Waals surface area (Å²) in [6.45, 7) is 0.999. The second-order valence-corrected chi connectivity index (χ2v) is 6.52. The van der Waals surface area contributed by atoms with E-state index in [4.69, 9.17) is 22.1 Å². The van der Waals surface area contributed by atoms with Crippen molar-refractivity contribution in [3.63, 3.8) is 0 Å². The third-order valence-electron chi connectivity index (χ3n) is 3.01. The van der Waals surface area contributed by atoms with Crippen LogP contribution in [0.3, 0.4) is 0 Å². The number of piperazine rings is 1. The quantitative estimate of drug-likeness (QED) is 0.867. The lowest BCUT2D eigenvalue weighted by Gasteiger charge is -2.30. The zero-order chi connectivity index (χ0) is 14.8. The van der Waals surface area contributed by atoms with Gasteiger partial charge >= 0.3 is 0 Å². The van der Waals surface area contributed by atoms with Gasteiger partial charge in [0.2, 0.25) is 10.0 Å². The van der Waals surface area contributed by atoms with Gasteiger partial charge in [-0.3, -0.25) is 0 Å². The summed E-state index contributed by atoms with van der Waals surface area (Å²) in [7, 11) is -3.79. The lowest BCUT2D eigenvalue weighted by atomic mass is 10.2. The summed E-state index contributed by atoms with van der Waals surface area (Å²) < 4.78 is 26.2. The summed E-state index contributed by atoms with van der Waals surface area (Å²) in [5.41, 5.74) is 0.211. The van der Waals surface area contributed by atoms with Crippen LogP contribution in [0.4, 0.5) is 0 Å². The first-order valence-electron chi connectivity index (χ1n) is 5.82. The maximum absolute atomic E-state index is 12.5. The van der Waals surface area contributed by atoms with Crippen molar-refractivity contribution >= 4 is 21.6 Å². The van der Waals surface area contributed by atoms with Gasteiger partial charge in [0, 0.05) is 19.6 Å². The van der Waals surface area contributed by atoms with Gasteiger partial charge in [-0.05, 0) is 18.2 Å². The molecule has 8 heteroatoms. The van der Waals surface area contributed by atoms with E-state index in [0.717, 1.165) is 4.31 Å². The summed E-state index contributed by atoms with van der Waals surface area (Å²) >= 11 is 5.86. The fourth-order valence-corrected chi connectivity index (χ4v) is 3.82. The Hall–Kier alpha value is -1.64. The molecule has 0 radical (unpaired) electrons. The minimum atomic E-state index is -3.79. The average Bonchev–Trinajstić information content (AvgIpc) is 2.47. The van der Waals surface area contributed by atoms with E-state index in [2.05, 4.69) is 5.32 Å². The molecule has 0 aromatic heterocycles. The van der Waals surface area contributed by atoms with E-state index in [1.807, 2.05) is 12.1 Å². The average molecular weight is 311 g/mol. The van der Waals surface area contributed by atoms with Gasteiger partial charge in [-0.2, -0.15) is 14.8 Å². The van der Waals surface area contributed by atoms with E-state index in [-0.39, 0.29) is 22.0 Å². The molecule has 1 saturated heterocycles. The first-order chi connectivity index (χ1) is 9.50. The van der Waals surface area contributed by atoms with Crippen molar-refractivity contribution in [2.45, 2.75) is 10.9 Å². The lowest BCUT2D eigenvalue weighted by Crippen LogP contribution is -2.52. The van der Waals surface area contributed by atoms with Crippen molar-refractivity contribution in [2.75, 3.05) is 19.6 Å². The maximum Gasteiger partial charge on any atom is 0.244 e. The van der Waals surface area contributed by atoms with Gasteiger partial charge in [0.1, 0.15) is 12.1 Å². The highest BCUT2D eigenvalue weighted by Crippen LogP contribution is 2.24. The van der Waals surface area contributed by atoms with Crippen molar-refractivity contribution in [3.05, 3.63) is 28.8 Å². The van der Waals surface area contributed by atoms with Crippen molar-refractivity contribution in [1.82, 2.24) is 9.62 Å². The molecule has 0 amide bonds. The van der Waals surface area contributed by atoms with Gasteiger partial charge < -0.3 is 5.32 Å². The van der Waals surface area contributed by atoms with E-state index in [1.165, 1.54) is 18.2 Å². The second-order valence-electron chi connectivity index (χ2n) is 4.22. The molecule has 0 spiro atoms. The number of sulfonamides is 1. The minimum absolute atomic E-state index is 0.0105. The molecule has 0 saturated carbocycles. The highest BCUT2D eigenvalue weighted by Gasteiger charge is 2.33. The number of nitriles is 2. The summed E-state index contributed by atoms with van der Waals surface area (Å²) in [5, 5.41) is 20.9. The third-order valence-corrected chi connectivity index (χ3v) is 5.23. The van der Waals surface area contributed by atoms with Crippen LogP contribution >= 0.6 is 11.6 Å². The molecule has 1 fully saturated rings. The number of hydrogen-bond donors (Lipinski definition) is 1. The van der Waals surface area contributed by atoms with Crippen LogP contribution in [0.25, 0.3) is 0 Å². The third kappa shape index (κ3) is 2.62. The Labute approximate surface area is 122 Å². The Morgan fingerprint density at radius 1 is 1.40 bits per heavy atom. The Morgan fingerprint density at radius 2 is 2.15 bits per heavy atom. The molecule has 0 aliphatic carbocycles. The molecule has 6 nitrogen and oxygen atoms in total. The number of rotatable bonds is 2. The number of halogens is 1. The predicted octanol–water partition coefficient (Wildman–Crippen LogP) is 0.698. The predicted molar refractivity (Wildman–Crippen MR) is 72.3 cm³/mol. The number of hydrogen-bond acceptors (Lipinski definition) is 5. The number of nitrogens with one attached hydrogen (secondary N) is 1. The second kappa shape index (κ2) is 5.78. The molecule has 1 unspecified atom stereocenters. The first-order valence-corrected chi connectivity index (χ1v) is 7.64. The summed E-state index contributed by atoms with van der Waals surface area (Å²) in [6.07, 6.45) is 0. The molecule has 1 N–H and O–H groups in total. The Morgan fingerprint density at radius 3 is 2.75 bits per heavy atom. The van der Waals surface area contributed by atoms with Crippen LogP contribution in [0.5, 0.6) is 0 Å².